The number of hydrogen-bond donors (Lipinski definition) is 2. The highest BCUT2D eigenvalue weighted by molar-refractivity contribution is 14.0. The molecule has 29 heavy (non-hydrogen) atoms. The Morgan fingerprint density at radius 2 is 1.86 bits per heavy atom. The molecular weight excluding hydrogens is 483 g/mol. The van der Waals surface area contributed by atoms with Crippen molar-refractivity contribution in [3.63, 3.8) is 0 Å². The van der Waals surface area contributed by atoms with Gasteiger partial charge < -0.3 is 25.0 Å². The molecule has 164 valence electrons. The monoisotopic (exact) mass is 518 g/mol. The van der Waals surface area contributed by atoms with Crippen LogP contribution in [-0.4, -0.2) is 70.8 Å². The molecule has 0 atom stereocenters. The molecule has 0 spiro atoms. The van der Waals surface area contributed by atoms with Crippen LogP contribution in [0, 0.1) is 5.92 Å². The highest BCUT2D eigenvalue weighted by atomic mass is 127. The first-order valence-corrected chi connectivity index (χ1v) is 10.0. The zero-order valence-electron chi connectivity index (χ0n) is 17.8. The minimum atomic E-state index is -0.0241. The third-order valence-corrected chi connectivity index (χ3v) is 4.54. The molecule has 0 radical (unpaired) electrons. The molecule has 0 bridgehead atoms. The molecule has 1 aromatic carbocycles. The molecule has 1 amide bonds. The van der Waals surface area contributed by atoms with Crippen molar-refractivity contribution >= 4 is 35.8 Å². The summed E-state index contributed by atoms with van der Waals surface area (Å²) in [4.78, 5) is 17.8. The third-order valence-electron chi connectivity index (χ3n) is 4.54. The molecule has 8 heteroatoms. The van der Waals surface area contributed by atoms with Crippen LogP contribution in [0.2, 0.25) is 0 Å². The normalized spacial score (nSPS) is 13.4. The standard InChI is InChI=1S/C21H34N4O3.HI/c1-25(2)20(26)15-24-21(22-12-4-14-28-16-18-5-6-18)23-13-11-17-7-9-19(27-3)10-8-17;/h7-10,18H,4-6,11-16H2,1-3H3,(H2,22,23,24);1H. The van der Waals surface area contributed by atoms with Crippen molar-refractivity contribution in [2.75, 3.05) is 54.1 Å². The summed E-state index contributed by atoms with van der Waals surface area (Å²) in [5.74, 6) is 2.28. The maximum Gasteiger partial charge on any atom is 0.243 e. The predicted octanol–water partition coefficient (Wildman–Crippen LogP) is 2.30. The van der Waals surface area contributed by atoms with Crippen LogP contribution in [0.15, 0.2) is 29.3 Å². The van der Waals surface area contributed by atoms with Crippen molar-refractivity contribution in [2.45, 2.75) is 25.7 Å². The Balaban J connectivity index is 0.00000420. The van der Waals surface area contributed by atoms with Gasteiger partial charge in [0, 0.05) is 40.4 Å². The Bertz CT molecular complexity index is 619. The van der Waals surface area contributed by atoms with Gasteiger partial charge in [-0.15, -0.1) is 24.0 Å². The molecule has 0 saturated heterocycles. The second-order valence-corrected chi connectivity index (χ2v) is 7.28. The molecule has 0 aromatic heterocycles. The topological polar surface area (TPSA) is 75.2 Å². The van der Waals surface area contributed by atoms with E-state index in [1.54, 1.807) is 26.1 Å². The van der Waals surface area contributed by atoms with E-state index in [0.29, 0.717) is 5.96 Å². The minimum absolute atomic E-state index is 0. The fourth-order valence-electron chi connectivity index (χ4n) is 2.50. The quantitative estimate of drug-likeness (QED) is 0.192. The molecule has 1 aromatic rings. The van der Waals surface area contributed by atoms with Crippen LogP contribution >= 0.6 is 24.0 Å². The Kier molecular flexibility index (Phi) is 12.7. The van der Waals surface area contributed by atoms with Gasteiger partial charge in [-0.1, -0.05) is 12.1 Å². The molecule has 2 N–H and O–H groups in total. The number of benzene rings is 1. The van der Waals surface area contributed by atoms with Crippen molar-refractivity contribution in [3.05, 3.63) is 29.8 Å². The lowest BCUT2D eigenvalue weighted by molar-refractivity contribution is -0.127. The van der Waals surface area contributed by atoms with Gasteiger partial charge in [-0.25, -0.2) is 4.99 Å². The van der Waals surface area contributed by atoms with Gasteiger partial charge in [-0.3, -0.25) is 4.79 Å². The van der Waals surface area contributed by atoms with Gasteiger partial charge in [0.2, 0.25) is 5.91 Å². The van der Waals surface area contributed by atoms with Crippen molar-refractivity contribution < 1.29 is 14.3 Å². The van der Waals surface area contributed by atoms with Gasteiger partial charge in [-0.05, 0) is 49.3 Å². The van der Waals surface area contributed by atoms with Crippen molar-refractivity contribution in [3.8, 4) is 5.75 Å². The zero-order chi connectivity index (χ0) is 20.2. The number of rotatable bonds is 12. The number of amides is 1. The molecule has 1 aliphatic carbocycles. The van der Waals surface area contributed by atoms with Crippen molar-refractivity contribution in [2.24, 2.45) is 10.9 Å². The Hall–Kier alpha value is -1.55. The lowest BCUT2D eigenvalue weighted by Crippen LogP contribution is -2.40. The molecule has 7 nitrogen and oxygen atoms in total. The molecule has 0 aliphatic heterocycles. The van der Waals surface area contributed by atoms with Gasteiger partial charge in [0.15, 0.2) is 5.96 Å². The van der Waals surface area contributed by atoms with Crippen molar-refractivity contribution in [1.82, 2.24) is 15.5 Å². The van der Waals surface area contributed by atoms with E-state index in [4.69, 9.17) is 9.47 Å². The van der Waals surface area contributed by atoms with Crippen LogP contribution in [0.5, 0.6) is 5.75 Å². The lowest BCUT2D eigenvalue weighted by atomic mass is 10.1. The Morgan fingerprint density at radius 3 is 2.48 bits per heavy atom. The second-order valence-electron chi connectivity index (χ2n) is 7.28. The van der Waals surface area contributed by atoms with Crippen LogP contribution < -0.4 is 15.4 Å². The number of halogens is 1. The summed E-state index contributed by atoms with van der Waals surface area (Å²) in [7, 11) is 5.13. The van der Waals surface area contributed by atoms with E-state index in [1.807, 2.05) is 12.1 Å². The van der Waals surface area contributed by atoms with E-state index in [-0.39, 0.29) is 36.4 Å². The van der Waals surface area contributed by atoms with E-state index in [0.717, 1.165) is 50.8 Å². The Labute approximate surface area is 191 Å². The summed E-state index contributed by atoms with van der Waals surface area (Å²) in [6.07, 6.45) is 4.39. The van der Waals surface area contributed by atoms with E-state index in [2.05, 4.69) is 27.8 Å². The summed E-state index contributed by atoms with van der Waals surface area (Å²) in [5, 5.41) is 6.60. The van der Waals surface area contributed by atoms with Crippen LogP contribution in [0.1, 0.15) is 24.8 Å². The van der Waals surface area contributed by atoms with Gasteiger partial charge in [0.1, 0.15) is 12.3 Å². The van der Waals surface area contributed by atoms with Gasteiger partial charge in [0.05, 0.1) is 7.11 Å². The van der Waals surface area contributed by atoms with Crippen LogP contribution in [0.4, 0.5) is 0 Å². The third kappa shape index (κ3) is 11.3. The first-order chi connectivity index (χ1) is 13.6. The average molecular weight is 518 g/mol. The fraction of sp³-hybridized carbons (Fsp3) is 0.619. The molecule has 1 fully saturated rings. The predicted molar refractivity (Wildman–Crippen MR) is 127 cm³/mol. The number of hydrogen-bond acceptors (Lipinski definition) is 4. The van der Waals surface area contributed by atoms with E-state index in [1.165, 1.54) is 18.4 Å². The number of ether oxygens (including phenoxy) is 2. The summed E-state index contributed by atoms with van der Waals surface area (Å²) in [6.45, 7) is 3.25. The number of methoxy groups -OCH3 is 1. The van der Waals surface area contributed by atoms with Gasteiger partial charge in [-0.2, -0.15) is 0 Å². The largest absolute Gasteiger partial charge is 0.497 e. The van der Waals surface area contributed by atoms with E-state index >= 15 is 0 Å². The lowest BCUT2D eigenvalue weighted by Gasteiger charge is -2.14. The number of carbonyl (C=O) groups is 1. The van der Waals surface area contributed by atoms with Crippen LogP contribution in [0.25, 0.3) is 0 Å². The highest BCUT2D eigenvalue weighted by Crippen LogP contribution is 2.28. The molecule has 1 aliphatic rings. The average Bonchev–Trinajstić information content (AvgIpc) is 3.52. The second kappa shape index (κ2) is 14.4. The number of aliphatic imine (C=N–C) groups is 1. The zero-order valence-corrected chi connectivity index (χ0v) is 20.1. The molecule has 0 unspecified atom stereocenters. The summed E-state index contributed by atoms with van der Waals surface area (Å²) in [5.41, 5.74) is 1.21. The van der Waals surface area contributed by atoms with Gasteiger partial charge >= 0.3 is 0 Å². The number of guanidine groups is 1. The van der Waals surface area contributed by atoms with E-state index in [9.17, 15) is 4.79 Å². The first kappa shape index (κ1) is 25.5. The fourth-order valence-corrected chi connectivity index (χ4v) is 2.50. The highest BCUT2D eigenvalue weighted by Gasteiger charge is 2.20. The maximum absolute atomic E-state index is 11.8. The van der Waals surface area contributed by atoms with E-state index < -0.39 is 0 Å². The smallest absolute Gasteiger partial charge is 0.243 e. The SMILES string of the molecule is COc1ccc(CCNC(=NCC(=O)N(C)C)NCCCOCC2CC2)cc1.I. The first-order valence-electron chi connectivity index (χ1n) is 10.0. The molecule has 1 saturated carbocycles. The number of carbonyl (C=O) groups excluding carboxylic acids is 1. The summed E-state index contributed by atoms with van der Waals surface area (Å²) >= 11 is 0. The number of nitrogens with zero attached hydrogens (tertiary/aromatic N) is 2. The number of nitrogens with one attached hydrogen (secondary N) is 2. The Morgan fingerprint density at radius 1 is 1.17 bits per heavy atom. The van der Waals surface area contributed by atoms with Crippen molar-refractivity contribution in [1.29, 1.82) is 0 Å². The maximum atomic E-state index is 11.8. The van der Waals surface area contributed by atoms with Gasteiger partial charge in [0.25, 0.3) is 0 Å². The minimum Gasteiger partial charge on any atom is -0.497 e. The molecule has 2 rings (SSSR count). The molecule has 0 heterocycles. The summed E-state index contributed by atoms with van der Waals surface area (Å²) < 4.78 is 10.8. The van der Waals surface area contributed by atoms with Crippen LogP contribution in [-0.2, 0) is 16.0 Å². The van der Waals surface area contributed by atoms with Crippen LogP contribution in [0.3, 0.4) is 0 Å². The molecular formula is C21H35IN4O3. The number of likely N-dealkylation sites (N-methyl/N-ethyl adjacent to an activating group) is 1. The summed E-state index contributed by atoms with van der Waals surface area (Å²) in [6, 6.07) is 8.02.